The molecule has 0 saturated carbocycles. The number of benzene rings is 1. The first kappa shape index (κ1) is 17.5. The number of nitrogens with zero attached hydrogens (tertiary/aromatic N) is 1. The smallest absolute Gasteiger partial charge is 0.123 e. The number of hydrogen-bond acceptors (Lipinski definition) is 5. The number of hydrogen-bond donors (Lipinski definition) is 1. The van der Waals surface area contributed by atoms with Crippen molar-refractivity contribution in [2.24, 2.45) is 5.92 Å². The summed E-state index contributed by atoms with van der Waals surface area (Å²) in [7, 11) is 1.66. The van der Waals surface area contributed by atoms with E-state index in [-0.39, 0.29) is 5.92 Å². The van der Waals surface area contributed by atoms with Gasteiger partial charge in [-0.3, -0.25) is 4.90 Å². The minimum atomic E-state index is -0.626. The summed E-state index contributed by atoms with van der Waals surface area (Å²) in [6.07, 6.45) is 3.03. The van der Waals surface area contributed by atoms with E-state index in [9.17, 15) is 5.11 Å². The second kappa shape index (κ2) is 7.72. The quantitative estimate of drug-likeness (QED) is 0.865. The third-order valence-corrected chi connectivity index (χ3v) is 5.42. The van der Waals surface area contributed by atoms with Gasteiger partial charge in [0.2, 0.25) is 0 Å². The molecule has 0 aliphatic carbocycles. The Hall–Kier alpha value is -1.30. The topological polar surface area (TPSA) is 51.2 Å². The number of aliphatic hydroxyl groups is 1. The van der Waals surface area contributed by atoms with Crippen LogP contribution in [-0.2, 0) is 4.74 Å². The van der Waals surface area contributed by atoms with Gasteiger partial charge in [-0.25, -0.2) is 0 Å². The molecule has 0 aromatic heterocycles. The van der Waals surface area contributed by atoms with Gasteiger partial charge in [0.25, 0.3) is 0 Å². The van der Waals surface area contributed by atoms with Crippen molar-refractivity contribution in [3.05, 3.63) is 24.3 Å². The Kier molecular flexibility index (Phi) is 5.64. The summed E-state index contributed by atoms with van der Waals surface area (Å²) in [4.78, 5) is 2.45. The molecule has 0 unspecified atom stereocenters. The largest absolute Gasteiger partial charge is 0.497 e. The lowest BCUT2D eigenvalue weighted by Crippen LogP contribution is -2.53. The Morgan fingerprint density at radius 3 is 3.00 bits per heavy atom. The number of likely N-dealkylation sites (tertiary alicyclic amines) is 1. The van der Waals surface area contributed by atoms with Gasteiger partial charge in [0.1, 0.15) is 18.1 Å². The maximum atomic E-state index is 10.7. The van der Waals surface area contributed by atoms with Crippen LogP contribution < -0.4 is 9.47 Å². The zero-order valence-corrected chi connectivity index (χ0v) is 14.7. The third-order valence-electron chi connectivity index (χ3n) is 5.42. The molecule has 3 rings (SSSR count). The van der Waals surface area contributed by atoms with Gasteiger partial charge in [-0.2, -0.15) is 0 Å². The van der Waals surface area contributed by atoms with E-state index in [0.29, 0.717) is 25.9 Å². The van der Waals surface area contributed by atoms with Crippen molar-refractivity contribution in [3.8, 4) is 11.5 Å². The average Bonchev–Trinajstić information content (AvgIpc) is 3.03. The van der Waals surface area contributed by atoms with E-state index in [1.54, 1.807) is 7.11 Å². The van der Waals surface area contributed by atoms with Crippen molar-refractivity contribution >= 4 is 0 Å². The Balaban J connectivity index is 1.54. The summed E-state index contributed by atoms with van der Waals surface area (Å²) in [5.41, 5.74) is -0.626. The van der Waals surface area contributed by atoms with E-state index in [4.69, 9.17) is 14.2 Å². The van der Waals surface area contributed by atoms with Crippen molar-refractivity contribution < 1.29 is 19.3 Å². The minimum Gasteiger partial charge on any atom is -0.497 e. The molecule has 1 N–H and O–H groups in total. The van der Waals surface area contributed by atoms with E-state index < -0.39 is 5.60 Å². The van der Waals surface area contributed by atoms with E-state index in [0.717, 1.165) is 37.4 Å². The van der Waals surface area contributed by atoms with Crippen LogP contribution in [0.5, 0.6) is 11.5 Å². The standard InChI is InChI=1S/C19H29NO4/c1-19(21)8-11-23-14-17(19)18-7-4-9-20(18)10-12-24-16-6-3-5-15(13-16)22-2/h3,5-6,13,17-18,21H,4,7-12,14H2,1-2H3/t17-,18-,19-/m1/s1. The molecular weight excluding hydrogens is 306 g/mol. The molecule has 2 aliphatic heterocycles. The highest BCUT2D eigenvalue weighted by Gasteiger charge is 2.43. The van der Waals surface area contributed by atoms with Crippen molar-refractivity contribution in [2.75, 3.05) is 40.0 Å². The fourth-order valence-electron chi connectivity index (χ4n) is 3.94. The van der Waals surface area contributed by atoms with Gasteiger partial charge in [0, 0.05) is 31.2 Å². The fourth-order valence-corrected chi connectivity index (χ4v) is 3.94. The first-order valence-corrected chi connectivity index (χ1v) is 8.91. The summed E-state index contributed by atoms with van der Waals surface area (Å²) in [5.74, 6) is 1.82. The van der Waals surface area contributed by atoms with Gasteiger partial charge >= 0.3 is 0 Å². The summed E-state index contributed by atoms with van der Waals surface area (Å²) in [6, 6.07) is 8.08. The molecule has 2 aliphatic rings. The highest BCUT2D eigenvalue weighted by atomic mass is 16.5. The lowest BCUT2D eigenvalue weighted by molar-refractivity contribution is -0.123. The highest BCUT2D eigenvalue weighted by molar-refractivity contribution is 5.32. The predicted molar refractivity (Wildman–Crippen MR) is 92.6 cm³/mol. The molecule has 5 nitrogen and oxygen atoms in total. The van der Waals surface area contributed by atoms with E-state index in [1.165, 1.54) is 6.42 Å². The minimum absolute atomic E-state index is 0.186. The molecule has 134 valence electrons. The normalized spacial score (nSPS) is 31.1. The first-order chi connectivity index (χ1) is 11.6. The summed E-state index contributed by atoms with van der Waals surface area (Å²) in [6.45, 7) is 5.86. The van der Waals surface area contributed by atoms with Crippen LogP contribution in [0.1, 0.15) is 26.2 Å². The first-order valence-electron chi connectivity index (χ1n) is 8.91. The Labute approximate surface area is 144 Å². The molecule has 0 spiro atoms. The monoisotopic (exact) mass is 335 g/mol. The molecule has 0 amide bonds. The molecule has 2 fully saturated rings. The maximum absolute atomic E-state index is 10.7. The van der Waals surface area contributed by atoms with Gasteiger partial charge in [-0.1, -0.05) is 6.07 Å². The summed E-state index contributed by atoms with van der Waals surface area (Å²) >= 11 is 0. The van der Waals surface area contributed by atoms with Crippen LogP contribution in [-0.4, -0.2) is 61.7 Å². The molecule has 2 saturated heterocycles. The Morgan fingerprint density at radius 2 is 2.21 bits per heavy atom. The molecule has 1 aromatic carbocycles. The maximum Gasteiger partial charge on any atom is 0.123 e. The zero-order valence-electron chi connectivity index (χ0n) is 14.7. The second-order valence-corrected chi connectivity index (χ2v) is 7.06. The van der Waals surface area contributed by atoms with Crippen molar-refractivity contribution in [2.45, 2.75) is 37.8 Å². The molecule has 24 heavy (non-hydrogen) atoms. The van der Waals surface area contributed by atoms with Crippen LogP contribution in [0.4, 0.5) is 0 Å². The third kappa shape index (κ3) is 4.02. The van der Waals surface area contributed by atoms with E-state index in [1.807, 2.05) is 31.2 Å². The molecular formula is C19H29NO4. The van der Waals surface area contributed by atoms with Crippen LogP contribution >= 0.6 is 0 Å². The lowest BCUT2D eigenvalue weighted by Gasteiger charge is -2.43. The molecule has 2 heterocycles. The average molecular weight is 335 g/mol. The fraction of sp³-hybridized carbons (Fsp3) is 0.684. The van der Waals surface area contributed by atoms with Crippen LogP contribution in [0.2, 0.25) is 0 Å². The van der Waals surface area contributed by atoms with Gasteiger partial charge in [0.15, 0.2) is 0 Å². The molecule has 0 radical (unpaired) electrons. The second-order valence-electron chi connectivity index (χ2n) is 7.06. The Morgan fingerprint density at radius 1 is 1.38 bits per heavy atom. The highest BCUT2D eigenvalue weighted by Crippen LogP contribution is 2.35. The molecule has 5 heteroatoms. The van der Waals surface area contributed by atoms with Crippen LogP contribution in [0.15, 0.2) is 24.3 Å². The number of ether oxygens (including phenoxy) is 3. The van der Waals surface area contributed by atoms with Crippen molar-refractivity contribution in [1.82, 2.24) is 4.90 Å². The lowest BCUT2D eigenvalue weighted by atomic mass is 9.79. The van der Waals surface area contributed by atoms with E-state index in [2.05, 4.69) is 4.90 Å². The van der Waals surface area contributed by atoms with Crippen molar-refractivity contribution in [1.29, 1.82) is 0 Å². The van der Waals surface area contributed by atoms with Crippen LogP contribution in [0.3, 0.4) is 0 Å². The summed E-state index contributed by atoms with van der Waals surface area (Å²) in [5, 5.41) is 10.7. The summed E-state index contributed by atoms with van der Waals surface area (Å²) < 4.78 is 16.8. The number of rotatable bonds is 6. The van der Waals surface area contributed by atoms with Gasteiger partial charge in [-0.05, 0) is 44.9 Å². The van der Waals surface area contributed by atoms with Crippen molar-refractivity contribution in [3.63, 3.8) is 0 Å². The Bertz CT molecular complexity index is 534. The number of methoxy groups -OCH3 is 1. The van der Waals surface area contributed by atoms with Crippen LogP contribution in [0.25, 0.3) is 0 Å². The molecule has 1 aromatic rings. The predicted octanol–water partition coefficient (Wildman–Crippen LogP) is 2.33. The molecule has 3 atom stereocenters. The van der Waals surface area contributed by atoms with Gasteiger partial charge < -0.3 is 19.3 Å². The zero-order chi connectivity index (χ0) is 17.0. The molecule has 0 bridgehead atoms. The van der Waals surface area contributed by atoms with Gasteiger partial charge in [-0.15, -0.1) is 0 Å². The van der Waals surface area contributed by atoms with Crippen LogP contribution in [0, 0.1) is 5.92 Å². The van der Waals surface area contributed by atoms with E-state index >= 15 is 0 Å². The van der Waals surface area contributed by atoms with Gasteiger partial charge in [0.05, 0.1) is 19.3 Å². The SMILES string of the molecule is COc1cccc(OCCN2CCC[C@@H]2[C@H]2COCC[C@@]2(C)O)c1.